The number of nitrogens with zero attached hydrogens (tertiary/aromatic N) is 3. The highest BCUT2D eigenvalue weighted by Crippen LogP contribution is 2.26. The minimum absolute atomic E-state index is 0.0623. The van der Waals surface area contributed by atoms with Gasteiger partial charge in [0.05, 0.1) is 28.6 Å². The number of hydrogen-bond donors (Lipinski definition) is 2. The van der Waals surface area contributed by atoms with Crippen molar-refractivity contribution in [2.75, 3.05) is 0 Å². The average molecular weight is 277 g/mol. The fourth-order valence-corrected chi connectivity index (χ4v) is 2.73. The van der Waals surface area contributed by atoms with Crippen LogP contribution in [0.4, 0.5) is 0 Å². The SMILES string of the molecule is CC(C)(C)c1csc(CC(NN)c2cnccn2)n1. The lowest BCUT2D eigenvalue weighted by atomic mass is 9.93. The van der Waals surface area contributed by atoms with E-state index in [9.17, 15) is 0 Å². The first kappa shape index (κ1) is 14.0. The lowest BCUT2D eigenvalue weighted by Gasteiger charge is -2.15. The molecule has 2 aromatic rings. The number of hydrogen-bond acceptors (Lipinski definition) is 6. The fraction of sp³-hybridized carbons (Fsp3) is 0.462. The Kier molecular flexibility index (Phi) is 4.24. The van der Waals surface area contributed by atoms with Gasteiger partial charge in [0, 0.05) is 29.6 Å². The second kappa shape index (κ2) is 5.73. The lowest BCUT2D eigenvalue weighted by Crippen LogP contribution is -2.30. The second-order valence-corrected chi connectivity index (χ2v) is 6.37. The molecule has 0 aliphatic rings. The first-order chi connectivity index (χ1) is 9.00. The fourth-order valence-electron chi connectivity index (χ4n) is 1.66. The molecular formula is C13H19N5S. The molecule has 0 aromatic carbocycles. The summed E-state index contributed by atoms with van der Waals surface area (Å²) in [4.78, 5) is 13.0. The van der Waals surface area contributed by atoms with E-state index < -0.39 is 0 Å². The second-order valence-electron chi connectivity index (χ2n) is 5.43. The van der Waals surface area contributed by atoms with Crippen LogP contribution in [0, 0.1) is 0 Å². The average Bonchev–Trinajstić information content (AvgIpc) is 2.85. The van der Waals surface area contributed by atoms with E-state index in [1.54, 1.807) is 29.9 Å². The van der Waals surface area contributed by atoms with Gasteiger partial charge < -0.3 is 0 Å². The Hall–Kier alpha value is -1.37. The minimum Gasteiger partial charge on any atom is -0.271 e. The molecule has 0 aliphatic heterocycles. The van der Waals surface area contributed by atoms with Gasteiger partial charge in [0.15, 0.2) is 0 Å². The number of thiazole rings is 1. The van der Waals surface area contributed by atoms with Crippen LogP contribution in [-0.2, 0) is 11.8 Å². The van der Waals surface area contributed by atoms with Gasteiger partial charge in [-0.05, 0) is 0 Å². The van der Waals surface area contributed by atoms with E-state index in [0.717, 1.165) is 22.8 Å². The maximum atomic E-state index is 5.60. The van der Waals surface area contributed by atoms with Crippen LogP contribution in [0.25, 0.3) is 0 Å². The van der Waals surface area contributed by atoms with Crippen LogP contribution in [0.1, 0.15) is 43.2 Å². The zero-order chi connectivity index (χ0) is 13.9. The van der Waals surface area contributed by atoms with Crippen LogP contribution >= 0.6 is 11.3 Å². The lowest BCUT2D eigenvalue weighted by molar-refractivity contribution is 0.529. The molecule has 102 valence electrons. The molecule has 0 spiro atoms. The molecule has 0 saturated heterocycles. The molecule has 5 nitrogen and oxygen atoms in total. The van der Waals surface area contributed by atoms with Crippen molar-refractivity contribution in [2.45, 2.75) is 38.6 Å². The van der Waals surface area contributed by atoms with Crippen molar-refractivity contribution in [1.29, 1.82) is 0 Å². The van der Waals surface area contributed by atoms with Gasteiger partial charge in [0.2, 0.25) is 0 Å². The standard InChI is InChI=1S/C13H19N5S/c1-13(2,3)11-8-19-12(17-11)6-9(18-14)10-7-15-4-5-16-10/h4-5,7-9,18H,6,14H2,1-3H3. The molecule has 3 N–H and O–H groups in total. The molecule has 19 heavy (non-hydrogen) atoms. The predicted octanol–water partition coefficient (Wildman–Crippen LogP) is 1.98. The molecule has 0 radical (unpaired) electrons. The normalized spacial score (nSPS) is 13.5. The third kappa shape index (κ3) is 3.56. The van der Waals surface area contributed by atoms with Gasteiger partial charge in [-0.3, -0.25) is 21.2 Å². The molecule has 2 rings (SSSR count). The molecule has 0 fully saturated rings. The molecular weight excluding hydrogens is 258 g/mol. The topological polar surface area (TPSA) is 76.7 Å². The van der Waals surface area contributed by atoms with E-state index in [-0.39, 0.29) is 11.5 Å². The maximum Gasteiger partial charge on any atom is 0.0948 e. The zero-order valence-electron chi connectivity index (χ0n) is 11.4. The Labute approximate surface area is 117 Å². The summed E-state index contributed by atoms with van der Waals surface area (Å²) in [5.74, 6) is 5.60. The quantitative estimate of drug-likeness (QED) is 0.660. The first-order valence-corrected chi connectivity index (χ1v) is 7.05. The molecule has 0 amide bonds. The van der Waals surface area contributed by atoms with E-state index in [0.29, 0.717) is 0 Å². The van der Waals surface area contributed by atoms with Crippen molar-refractivity contribution in [1.82, 2.24) is 20.4 Å². The maximum absolute atomic E-state index is 5.60. The van der Waals surface area contributed by atoms with Gasteiger partial charge in [-0.2, -0.15) is 0 Å². The van der Waals surface area contributed by atoms with Crippen molar-refractivity contribution >= 4 is 11.3 Å². The van der Waals surface area contributed by atoms with Crippen molar-refractivity contribution in [3.63, 3.8) is 0 Å². The molecule has 1 unspecified atom stereocenters. The summed E-state index contributed by atoms with van der Waals surface area (Å²) in [6, 6.07) is -0.0623. The summed E-state index contributed by atoms with van der Waals surface area (Å²) in [6.07, 6.45) is 5.76. The van der Waals surface area contributed by atoms with Crippen molar-refractivity contribution < 1.29 is 0 Å². The number of nitrogens with two attached hydrogens (primary N) is 1. The largest absolute Gasteiger partial charge is 0.271 e. The first-order valence-electron chi connectivity index (χ1n) is 6.17. The van der Waals surface area contributed by atoms with Gasteiger partial charge in [0.25, 0.3) is 0 Å². The molecule has 0 bridgehead atoms. The number of nitrogens with one attached hydrogen (secondary N) is 1. The van der Waals surface area contributed by atoms with Crippen LogP contribution in [-0.4, -0.2) is 15.0 Å². The Morgan fingerprint density at radius 1 is 1.37 bits per heavy atom. The molecule has 2 heterocycles. The van der Waals surface area contributed by atoms with Crippen molar-refractivity contribution in [2.24, 2.45) is 5.84 Å². The highest BCUT2D eigenvalue weighted by Gasteiger charge is 2.19. The highest BCUT2D eigenvalue weighted by atomic mass is 32.1. The molecule has 1 atom stereocenters. The van der Waals surface area contributed by atoms with Gasteiger partial charge >= 0.3 is 0 Å². The summed E-state index contributed by atoms with van der Waals surface area (Å²) in [5, 5.41) is 3.16. The van der Waals surface area contributed by atoms with E-state index in [1.807, 2.05) is 0 Å². The Morgan fingerprint density at radius 3 is 2.68 bits per heavy atom. The van der Waals surface area contributed by atoms with E-state index in [2.05, 4.69) is 46.5 Å². The van der Waals surface area contributed by atoms with Crippen molar-refractivity contribution in [3.05, 3.63) is 40.4 Å². The van der Waals surface area contributed by atoms with Crippen LogP contribution in [0.15, 0.2) is 24.0 Å². The van der Waals surface area contributed by atoms with Crippen LogP contribution < -0.4 is 11.3 Å². The summed E-state index contributed by atoms with van der Waals surface area (Å²) < 4.78 is 0. The molecule has 0 saturated carbocycles. The minimum atomic E-state index is -0.0623. The third-order valence-corrected chi connectivity index (χ3v) is 3.71. The van der Waals surface area contributed by atoms with Crippen LogP contribution in [0.2, 0.25) is 0 Å². The molecule has 6 heteroatoms. The number of aromatic nitrogens is 3. The molecule has 2 aromatic heterocycles. The van der Waals surface area contributed by atoms with Gasteiger partial charge in [0.1, 0.15) is 0 Å². The Morgan fingerprint density at radius 2 is 2.16 bits per heavy atom. The molecule has 0 aliphatic carbocycles. The number of rotatable bonds is 4. The summed E-state index contributed by atoms with van der Waals surface area (Å²) >= 11 is 1.66. The number of hydrazine groups is 1. The zero-order valence-corrected chi connectivity index (χ0v) is 12.2. The van der Waals surface area contributed by atoms with Crippen LogP contribution in [0.5, 0.6) is 0 Å². The monoisotopic (exact) mass is 277 g/mol. The summed E-state index contributed by atoms with van der Waals surface area (Å²) in [7, 11) is 0. The Bertz CT molecular complexity index is 517. The highest BCUT2D eigenvalue weighted by molar-refractivity contribution is 7.09. The summed E-state index contributed by atoms with van der Waals surface area (Å²) in [6.45, 7) is 6.48. The van der Waals surface area contributed by atoms with Gasteiger partial charge in [-0.25, -0.2) is 4.98 Å². The smallest absolute Gasteiger partial charge is 0.0948 e. The summed E-state index contributed by atoms with van der Waals surface area (Å²) in [5.41, 5.74) is 4.80. The van der Waals surface area contributed by atoms with E-state index >= 15 is 0 Å². The van der Waals surface area contributed by atoms with Crippen LogP contribution in [0.3, 0.4) is 0 Å². The van der Waals surface area contributed by atoms with E-state index in [1.165, 1.54) is 0 Å². The van der Waals surface area contributed by atoms with Gasteiger partial charge in [-0.15, -0.1) is 11.3 Å². The van der Waals surface area contributed by atoms with Gasteiger partial charge in [-0.1, -0.05) is 20.8 Å². The van der Waals surface area contributed by atoms with Crippen molar-refractivity contribution in [3.8, 4) is 0 Å². The third-order valence-electron chi connectivity index (χ3n) is 2.84. The predicted molar refractivity (Wildman–Crippen MR) is 76.6 cm³/mol. The van der Waals surface area contributed by atoms with E-state index in [4.69, 9.17) is 5.84 Å². The Balaban J connectivity index is 2.13.